The fourth-order valence-corrected chi connectivity index (χ4v) is 2.02. The van der Waals surface area contributed by atoms with Crippen molar-refractivity contribution in [3.63, 3.8) is 0 Å². The van der Waals surface area contributed by atoms with Crippen LogP contribution in [-0.2, 0) is 11.2 Å². The number of benzene rings is 2. The number of hydrogen-bond acceptors (Lipinski definition) is 2. The highest BCUT2D eigenvalue weighted by atomic mass is 16.5. The van der Waals surface area contributed by atoms with E-state index in [-0.39, 0.29) is 5.91 Å². The maximum atomic E-state index is 11.5. The van der Waals surface area contributed by atoms with E-state index in [1.807, 2.05) is 49.4 Å². The van der Waals surface area contributed by atoms with E-state index in [0.717, 1.165) is 24.3 Å². The molecule has 0 bridgehead atoms. The van der Waals surface area contributed by atoms with Gasteiger partial charge in [-0.3, -0.25) is 4.79 Å². The summed E-state index contributed by atoms with van der Waals surface area (Å²) in [5.41, 5.74) is 2.07. The van der Waals surface area contributed by atoms with Crippen LogP contribution in [0.3, 0.4) is 0 Å². The zero-order chi connectivity index (χ0) is 14.9. The third-order valence-corrected chi connectivity index (χ3v) is 3.12. The van der Waals surface area contributed by atoms with Crippen LogP contribution < -0.4 is 10.1 Å². The summed E-state index contributed by atoms with van der Waals surface area (Å²) in [4.78, 5) is 11.5. The molecule has 2 rings (SSSR count). The topological polar surface area (TPSA) is 38.3 Å². The molecule has 0 aromatic heterocycles. The van der Waals surface area contributed by atoms with Crippen LogP contribution in [0.1, 0.15) is 25.3 Å². The first-order chi connectivity index (χ1) is 10.3. The van der Waals surface area contributed by atoms with E-state index in [2.05, 4.69) is 17.4 Å². The third kappa shape index (κ3) is 5.30. The Morgan fingerprint density at radius 2 is 1.76 bits per heavy atom. The smallest absolute Gasteiger partial charge is 0.224 e. The fraction of sp³-hybridized carbons (Fsp3) is 0.278. The van der Waals surface area contributed by atoms with E-state index < -0.39 is 0 Å². The molecule has 0 fully saturated rings. The molecule has 0 heterocycles. The Bertz CT molecular complexity index is 549. The van der Waals surface area contributed by atoms with E-state index in [9.17, 15) is 4.79 Å². The monoisotopic (exact) mass is 283 g/mol. The lowest BCUT2D eigenvalue weighted by atomic mass is 10.2. The Morgan fingerprint density at radius 1 is 1.05 bits per heavy atom. The number of rotatable bonds is 7. The average Bonchev–Trinajstić information content (AvgIpc) is 2.50. The van der Waals surface area contributed by atoms with Crippen molar-refractivity contribution in [2.24, 2.45) is 0 Å². The number of carbonyl (C=O) groups is 1. The van der Waals surface area contributed by atoms with Gasteiger partial charge in [0.25, 0.3) is 0 Å². The molecule has 0 radical (unpaired) electrons. The summed E-state index contributed by atoms with van der Waals surface area (Å²) >= 11 is 0. The van der Waals surface area contributed by atoms with Gasteiger partial charge in [0, 0.05) is 18.5 Å². The second-order valence-corrected chi connectivity index (χ2v) is 4.91. The van der Waals surface area contributed by atoms with Gasteiger partial charge >= 0.3 is 0 Å². The second kappa shape index (κ2) is 8.10. The minimum atomic E-state index is 0.0512. The maximum absolute atomic E-state index is 11.5. The van der Waals surface area contributed by atoms with Crippen molar-refractivity contribution in [3.05, 3.63) is 60.2 Å². The first-order valence-electron chi connectivity index (χ1n) is 7.34. The van der Waals surface area contributed by atoms with Crippen LogP contribution in [0.25, 0.3) is 0 Å². The minimum Gasteiger partial charge on any atom is -0.493 e. The molecule has 0 atom stereocenters. The van der Waals surface area contributed by atoms with Crippen LogP contribution in [0.4, 0.5) is 5.69 Å². The highest BCUT2D eigenvalue weighted by molar-refractivity contribution is 5.90. The van der Waals surface area contributed by atoms with Gasteiger partial charge in [0.1, 0.15) is 5.75 Å². The van der Waals surface area contributed by atoms with E-state index >= 15 is 0 Å². The Hall–Kier alpha value is -2.29. The SMILES string of the molecule is CCCC(=O)Nc1ccc(OCCc2ccccc2)cc1. The van der Waals surface area contributed by atoms with Crippen LogP contribution in [0, 0.1) is 0 Å². The molecule has 0 unspecified atom stereocenters. The summed E-state index contributed by atoms with van der Waals surface area (Å²) < 4.78 is 5.70. The van der Waals surface area contributed by atoms with Gasteiger partial charge in [0.05, 0.1) is 6.61 Å². The predicted molar refractivity (Wildman–Crippen MR) is 85.6 cm³/mol. The first-order valence-corrected chi connectivity index (χ1v) is 7.34. The molecule has 0 aliphatic heterocycles. The van der Waals surface area contributed by atoms with Crippen LogP contribution in [0.15, 0.2) is 54.6 Å². The standard InChI is InChI=1S/C18H21NO2/c1-2-6-18(20)19-16-9-11-17(12-10-16)21-14-13-15-7-4-3-5-8-15/h3-5,7-12H,2,6,13-14H2,1H3,(H,19,20). The highest BCUT2D eigenvalue weighted by Gasteiger charge is 2.01. The van der Waals surface area contributed by atoms with E-state index in [4.69, 9.17) is 4.74 Å². The summed E-state index contributed by atoms with van der Waals surface area (Å²) in [6.07, 6.45) is 2.29. The molecule has 2 aromatic rings. The number of hydrogen-bond donors (Lipinski definition) is 1. The molecule has 3 nitrogen and oxygen atoms in total. The van der Waals surface area contributed by atoms with Crippen LogP contribution in [0.5, 0.6) is 5.75 Å². The summed E-state index contributed by atoms with van der Waals surface area (Å²) in [7, 11) is 0. The Labute approximate surface area is 126 Å². The van der Waals surface area contributed by atoms with Gasteiger partial charge < -0.3 is 10.1 Å². The number of amides is 1. The predicted octanol–water partition coefficient (Wildman–Crippen LogP) is 4.05. The molecule has 110 valence electrons. The molecule has 21 heavy (non-hydrogen) atoms. The van der Waals surface area contributed by atoms with Crippen molar-refractivity contribution in [1.82, 2.24) is 0 Å². The Kier molecular flexibility index (Phi) is 5.83. The van der Waals surface area contributed by atoms with E-state index in [0.29, 0.717) is 13.0 Å². The van der Waals surface area contributed by atoms with Crippen molar-refractivity contribution < 1.29 is 9.53 Å². The van der Waals surface area contributed by atoms with Crippen molar-refractivity contribution in [2.45, 2.75) is 26.2 Å². The number of ether oxygens (including phenoxy) is 1. The van der Waals surface area contributed by atoms with E-state index in [1.54, 1.807) is 0 Å². The summed E-state index contributed by atoms with van der Waals surface area (Å²) in [5, 5.41) is 2.86. The van der Waals surface area contributed by atoms with Gasteiger partial charge in [-0.2, -0.15) is 0 Å². The van der Waals surface area contributed by atoms with Gasteiger partial charge in [-0.15, -0.1) is 0 Å². The van der Waals surface area contributed by atoms with Crippen molar-refractivity contribution in [1.29, 1.82) is 0 Å². The molecule has 2 aromatic carbocycles. The third-order valence-electron chi connectivity index (χ3n) is 3.12. The quantitative estimate of drug-likeness (QED) is 0.832. The lowest BCUT2D eigenvalue weighted by molar-refractivity contribution is -0.116. The summed E-state index contributed by atoms with van der Waals surface area (Å²) in [5.74, 6) is 0.870. The fourth-order valence-electron chi connectivity index (χ4n) is 2.02. The first kappa shape index (κ1) is 15.1. The van der Waals surface area contributed by atoms with Crippen LogP contribution in [-0.4, -0.2) is 12.5 Å². The molecule has 0 aliphatic carbocycles. The van der Waals surface area contributed by atoms with Gasteiger partial charge in [0.15, 0.2) is 0 Å². The molecular weight excluding hydrogens is 262 g/mol. The average molecular weight is 283 g/mol. The normalized spacial score (nSPS) is 10.1. The summed E-state index contributed by atoms with van der Waals surface area (Å²) in [6.45, 7) is 2.63. The Balaban J connectivity index is 1.78. The molecule has 0 spiro atoms. The zero-order valence-corrected chi connectivity index (χ0v) is 12.3. The number of carbonyl (C=O) groups excluding carboxylic acids is 1. The van der Waals surface area contributed by atoms with Gasteiger partial charge in [-0.1, -0.05) is 37.3 Å². The second-order valence-electron chi connectivity index (χ2n) is 4.91. The van der Waals surface area contributed by atoms with Gasteiger partial charge in [-0.05, 0) is 36.2 Å². The van der Waals surface area contributed by atoms with Crippen LogP contribution in [0.2, 0.25) is 0 Å². The van der Waals surface area contributed by atoms with Gasteiger partial charge in [-0.25, -0.2) is 0 Å². The number of nitrogens with one attached hydrogen (secondary N) is 1. The maximum Gasteiger partial charge on any atom is 0.224 e. The van der Waals surface area contributed by atoms with Crippen molar-refractivity contribution in [2.75, 3.05) is 11.9 Å². The van der Waals surface area contributed by atoms with Crippen LogP contribution >= 0.6 is 0 Å². The molecular formula is C18H21NO2. The zero-order valence-electron chi connectivity index (χ0n) is 12.3. The van der Waals surface area contributed by atoms with Crippen molar-refractivity contribution in [3.8, 4) is 5.75 Å². The Morgan fingerprint density at radius 3 is 2.43 bits per heavy atom. The lowest BCUT2D eigenvalue weighted by Crippen LogP contribution is -2.10. The van der Waals surface area contributed by atoms with Gasteiger partial charge in [0.2, 0.25) is 5.91 Å². The lowest BCUT2D eigenvalue weighted by Gasteiger charge is -2.08. The molecule has 3 heteroatoms. The van der Waals surface area contributed by atoms with Crippen molar-refractivity contribution >= 4 is 11.6 Å². The minimum absolute atomic E-state index is 0.0512. The molecule has 0 saturated heterocycles. The number of anilines is 1. The molecule has 0 saturated carbocycles. The van der Waals surface area contributed by atoms with E-state index in [1.165, 1.54) is 5.56 Å². The molecule has 0 aliphatic rings. The molecule has 1 N–H and O–H groups in total. The highest BCUT2D eigenvalue weighted by Crippen LogP contribution is 2.16. The summed E-state index contributed by atoms with van der Waals surface area (Å²) in [6, 6.07) is 17.8. The molecule has 1 amide bonds. The largest absolute Gasteiger partial charge is 0.493 e.